The molecule has 0 saturated carbocycles. The third kappa shape index (κ3) is 2.73. The average Bonchev–Trinajstić information content (AvgIpc) is 2.69. The first kappa shape index (κ1) is 11.0. The van der Waals surface area contributed by atoms with Gasteiger partial charge in [0.15, 0.2) is 0 Å². The van der Waals surface area contributed by atoms with E-state index < -0.39 is 0 Å². The summed E-state index contributed by atoms with van der Waals surface area (Å²) in [5.41, 5.74) is 0. The summed E-state index contributed by atoms with van der Waals surface area (Å²) in [6.45, 7) is 4.67. The van der Waals surface area contributed by atoms with Crippen LogP contribution < -0.4 is 5.32 Å². The molecule has 1 rings (SSSR count). The highest BCUT2D eigenvalue weighted by molar-refractivity contribution is 7.10. The Bertz CT molecular complexity index is 284. The molecule has 1 N–H and O–H groups in total. The van der Waals surface area contributed by atoms with Gasteiger partial charge in [-0.15, -0.1) is 11.3 Å². The molecular formula is C10H16N2OS. The molecule has 0 aliphatic carbocycles. The van der Waals surface area contributed by atoms with E-state index in [0.29, 0.717) is 0 Å². The van der Waals surface area contributed by atoms with E-state index in [0.717, 1.165) is 6.54 Å². The molecule has 0 saturated heterocycles. The van der Waals surface area contributed by atoms with Crippen molar-refractivity contribution in [3.63, 3.8) is 0 Å². The molecule has 0 aliphatic rings. The number of thiophene rings is 1. The maximum Gasteiger partial charge on any atom is 0.317 e. The molecule has 1 unspecified atom stereocenters. The van der Waals surface area contributed by atoms with Crippen molar-refractivity contribution in [3.8, 4) is 0 Å². The van der Waals surface area contributed by atoms with Crippen LogP contribution in [0.1, 0.15) is 24.8 Å². The molecule has 0 fully saturated rings. The fourth-order valence-corrected chi connectivity index (χ4v) is 1.78. The van der Waals surface area contributed by atoms with Crippen molar-refractivity contribution in [2.24, 2.45) is 0 Å². The van der Waals surface area contributed by atoms with Gasteiger partial charge in [0.05, 0.1) is 6.04 Å². The molecule has 1 aromatic rings. The van der Waals surface area contributed by atoms with E-state index in [1.54, 1.807) is 23.3 Å². The Kier molecular flexibility index (Phi) is 3.95. The lowest BCUT2D eigenvalue weighted by atomic mass is 10.3. The molecule has 0 radical (unpaired) electrons. The predicted octanol–water partition coefficient (Wildman–Crippen LogP) is 2.47. The number of hydrogen-bond acceptors (Lipinski definition) is 2. The van der Waals surface area contributed by atoms with Crippen LogP contribution in [-0.4, -0.2) is 24.5 Å². The highest BCUT2D eigenvalue weighted by atomic mass is 32.1. The summed E-state index contributed by atoms with van der Waals surface area (Å²) >= 11 is 1.66. The number of nitrogens with zero attached hydrogens (tertiary/aromatic N) is 1. The zero-order valence-corrected chi connectivity index (χ0v) is 9.60. The summed E-state index contributed by atoms with van der Waals surface area (Å²) in [4.78, 5) is 14.3. The Hall–Kier alpha value is -1.03. The second-order valence-electron chi connectivity index (χ2n) is 3.20. The van der Waals surface area contributed by atoms with Crippen molar-refractivity contribution in [3.05, 3.63) is 22.4 Å². The van der Waals surface area contributed by atoms with Crippen LogP contribution in [-0.2, 0) is 0 Å². The standard InChI is InChI=1S/C10H16N2OS/c1-4-12(3)10(13)11-8(2)9-6-5-7-14-9/h5-8H,4H2,1-3H3,(H,11,13). The van der Waals surface area contributed by atoms with Crippen LogP contribution in [0.3, 0.4) is 0 Å². The first-order valence-electron chi connectivity index (χ1n) is 4.70. The summed E-state index contributed by atoms with van der Waals surface area (Å²) < 4.78 is 0. The average molecular weight is 212 g/mol. The first-order valence-corrected chi connectivity index (χ1v) is 5.58. The lowest BCUT2D eigenvalue weighted by molar-refractivity contribution is 0.208. The Morgan fingerprint density at radius 2 is 2.43 bits per heavy atom. The number of amides is 2. The second kappa shape index (κ2) is 5.00. The minimum atomic E-state index is -0.0200. The monoisotopic (exact) mass is 212 g/mol. The maximum absolute atomic E-state index is 11.5. The molecule has 2 amide bonds. The SMILES string of the molecule is CCN(C)C(=O)NC(C)c1cccs1. The van der Waals surface area contributed by atoms with E-state index in [-0.39, 0.29) is 12.1 Å². The molecule has 0 spiro atoms. The van der Waals surface area contributed by atoms with Gasteiger partial charge in [0.25, 0.3) is 0 Å². The molecule has 0 aliphatic heterocycles. The minimum Gasteiger partial charge on any atom is -0.331 e. The second-order valence-corrected chi connectivity index (χ2v) is 4.18. The zero-order chi connectivity index (χ0) is 10.6. The summed E-state index contributed by atoms with van der Waals surface area (Å²) in [5.74, 6) is 0. The lowest BCUT2D eigenvalue weighted by Crippen LogP contribution is -2.38. The smallest absolute Gasteiger partial charge is 0.317 e. The van der Waals surface area contributed by atoms with Crippen molar-refractivity contribution in [1.29, 1.82) is 0 Å². The van der Waals surface area contributed by atoms with Crippen LogP contribution >= 0.6 is 11.3 Å². The molecule has 0 bridgehead atoms. The van der Waals surface area contributed by atoms with Crippen LogP contribution in [0.25, 0.3) is 0 Å². The zero-order valence-electron chi connectivity index (χ0n) is 8.78. The summed E-state index contributed by atoms with van der Waals surface area (Å²) in [5, 5.41) is 4.95. The van der Waals surface area contributed by atoms with Gasteiger partial charge >= 0.3 is 6.03 Å². The van der Waals surface area contributed by atoms with Gasteiger partial charge in [0, 0.05) is 18.5 Å². The molecule has 4 heteroatoms. The van der Waals surface area contributed by atoms with Gasteiger partial charge in [0.2, 0.25) is 0 Å². The fraction of sp³-hybridized carbons (Fsp3) is 0.500. The third-order valence-electron chi connectivity index (χ3n) is 2.13. The van der Waals surface area contributed by atoms with Crippen molar-refractivity contribution in [2.75, 3.05) is 13.6 Å². The quantitative estimate of drug-likeness (QED) is 0.820. The first-order chi connectivity index (χ1) is 6.65. The van der Waals surface area contributed by atoms with Gasteiger partial charge < -0.3 is 10.2 Å². The van der Waals surface area contributed by atoms with Crippen LogP contribution in [0.2, 0.25) is 0 Å². The van der Waals surface area contributed by atoms with Crippen molar-refractivity contribution >= 4 is 17.4 Å². The predicted molar refractivity (Wildman–Crippen MR) is 59.6 cm³/mol. The number of carbonyl (C=O) groups excluding carboxylic acids is 1. The van der Waals surface area contributed by atoms with Crippen molar-refractivity contribution < 1.29 is 4.79 Å². The molecule has 1 heterocycles. The Labute approximate surface area is 88.7 Å². The summed E-state index contributed by atoms with van der Waals surface area (Å²) in [6.07, 6.45) is 0. The van der Waals surface area contributed by atoms with Crippen LogP contribution in [0.4, 0.5) is 4.79 Å². The Morgan fingerprint density at radius 1 is 1.71 bits per heavy atom. The van der Waals surface area contributed by atoms with E-state index >= 15 is 0 Å². The van der Waals surface area contributed by atoms with Crippen molar-refractivity contribution in [1.82, 2.24) is 10.2 Å². The lowest BCUT2D eigenvalue weighted by Gasteiger charge is -2.19. The molecule has 1 aromatic heterocycles. The number of hydrogen-bond donors (Lipinski definition) is 1. The largest absolute Gasteiger partial charge is 0.331 e. The molecule has 3 nitrogen and oxygen atoms in total. The minimum absolute atomic E-state index is 0.0200. The van der Waals surface area contributed by atoms with E-state index in [2.05, 4.69) is 5.32 Å². The van der Waals surface area contributed by atoms with Crippen molar-refractivity contribution in [2.45, 2.75) is 19.9 Å². The van der Waals surface area contributed by atoms with Gasteiger partial charge in [-0.05, 0) is 25.3 Å². The van der Waals surface area contributed by atoms with Crippen LogP contribution in [0, 0.1) is 0 Å². The molecule has 14 heavy (non-hydrogen) atoms. The van der Waals surface area contributed by atoms with E-state index in [4.69, 9.17) is 0 Å². The van der Waals surface area contributed by atoms with Gasteiger partial charge in [-0.1, -0.05) is 6.07 Å². The highest BCUT2D eigenvalue weighted by Crippen LogP contribution is 2.17. The maximum atomic E-state index is 11.5. The van der Waals surface area contributed by atoms with Crippen LogP contribution in [0.15, 0.2) is 17.5 Å². The van der Waals surface area contributed by atoms with Gasteiger partial charge in [0.1, 0.15) is 0 Å². The number of nitrogens with one attached hydrogen (secondary N) is 1. The van der Waals surface area contributed by atoms with Gasteiger partial charge in [-0.2, -0.15) is 0 Å². The van der Waals surface area contributed by atoms with Gasteiger partial charge in [-0.25, -0.2) is 4.79 Å². The fourth-order valence-electron chi connectivity index (χ4n) is 1.05. The molecular weight excluding hydrogens is 196 g/mol. The van der Waals surface area contributed by atoms with E-state index in [1.807, 2.05) is 31.4 Å². The topological polar surface area (TPSA) is 32.3 Å². The number of rotatable bonds is 3. The van der Waals surface area contributed by atoms with E-state index in [9.17, 15) is 4.79 Å². The Morgan fingerprint density at radius 3 is 2.93 bits per heavy atom. The summed E-state index contributed by atoms with van der Waals surface area (Å²) in [6, 6.07) is 4.10. The Balaban J connectivity index is 2.49. The highest BCUT2D eigenvalue weighted by Gasteiger charge is 2.12. The van der Waals surface area contributed by atoms with Gasteiger partial charge in [-0.3, -0.25) is 0 Å². The molecule has 78 valence electrons. The van der Waals surface area contributed by atoms with Crippen LogP contribution in [0.5, 0.6) is 0 Å². The number of carbonyl (C=O) groups is 1. The van der Waals surface area contributed by atoms with E-state index in [1.165, 1.54) is 4.88 Å². The third-order valence-corrected chi connectivity index (χ3v) is 3.19. The molecule has 1 atom stereocenters. The summed E-state index contributed by atoms with van der Waals surface area (Å²) in [7, 11) is 1.79. The number of urea groups is 1. The normalized spacial score (nSPS) is 12.2. The molecule has 0 aromatic carbocycles.